The first-order valence-electron chi connectivity index (χ1n) is 6.92. The first kappa shape index (κ1) is 14.6. The molecule has 2 heterocycles. The van der Waals surface area contributed by atoms with Crippen molar-refractivity contribution < 1.29 is 14.3 Å². The number of thiophene rings is 1. The molecule has 1 aliphatic heterocycles. The Hall–Kier alpha value is -2.34. The molecule has 0 spiro atoms. The molecule has 6 heteroatoms. The topological polar surface area (TPSA) is 72.6 Å². The lowest BCUT2D eigenvalue weighted by atomic mass is 10.1. The van der Waals surface area contributed by atoms with Gasteiger partial charge in [-0.25, -0.2) is 4.79 Å². The van der Waals surface area contributed by atoms with Crippen LogP contribution in [0.1, 0.15) is 31.2 Å². The first-order chi connectivity index (χ1) is 10.6. The second-order valence-electron chi connectivity index (χ2n) is 5.17. The summed E-state index contributed by atoms with van der Waals surface area (Å²) in [5.74, 6) is -0.711. The van der Waals surface area contributed by atoms with Crippen molar-refractivity contribution in [1.29, 1.82) is 0 Å². The molecule has 5 nitrogen and oxygen atoms in total. The summed E-state index contributed by atoms with van der Waals surface area (Å²) in [6.07, 6.45) is 0.897. The molecule has 22 heavy (non-hydrogen) atoms. The number of hydrogen-bond acceptors (Lipinski definition) is 5. The zero-order valence-corrected chi connectivity index (χ0v) is 13.0. The van der Waals surface area contributed by atoms with E-state index in [1.807, 2.05) is 18.2 Å². The van der Waals surface area contributed by atoms with E-state index in [-0.39, 0.29) is 5.97 Å². The summed E-state index contributed by atoms with van der Waals surface area (Å²) < 4.78 is 4.75. The highest BCUT2D eigenvalue weighted by Gasteiger charge is 2.21. The first-order valence-corrected chi connectivity index (χ1v) is 7.80. The Bertz CT molecular complexity index is 739. The Morgan fingerprint density at radius 3 is 2.82 bits per heavy atom. The fraction of sp³-hybridized carbons (Fsp3) is 0.250. The summed E-state index contributed by atoms with van der Waals surface area (Å²) in [7, 11) is 1.38. The highest BCUT2D eigenvalue weighted by atomic mass is 32.1. The lowest BCUT2D eigenvalue weighted by Gasteiger charge is -2.18. The van der Waals surface area contributed by atoms with Crippen LogP contribution in [-0.4, -0.2) is 25.5 Å². The van der Waals surface area contributed by atoms with Crippen LogP contribution in [0.5, 0.6) is 0 Å². The van der Waals surface area contributed by atoms with E-state index in [1.165, 1.54) is 18.4 Å². The number of methoxy groups -OCH3 is 1. The average molecular weight is 316 g/mol. The van der Waals surface area contributed by atoms with Crippen LogP contribution >= 0.6 is 11.3 Å². The van der Waals surface area contributed by atoms with E-state index < -0.39 is 5.91 Å². The van der Waals surface area contributed by atoms with Gasteiger partial charge in [-0.05, 0) is 36.2 Å². The molecule has 1 aromatic heterocycles. The van der Waals surface area contributed by atoms with Crippen LogP contribution in [0.3, 0.4) is 0 Å². The van der Waals surface area contributed by atoms with Gasteiger partial charge in [0.2, 0.25) is 5.91 Å². The second-order valence-corrected chi connectivity index (χ2v) is 6.17. The van der Waals surface area contributed by atoms with Crippen molar-refractivity contribution in [3.05, 3.63) is 51.2 Å². The molecule has 0 saturated heterocycles. The minimum absolute atomic E-state index is 0.314. The van der Waals surface area contributed by atoms with Gasteiger partial charge in [0.25, 0.3) is 0 Å². The smallest absolute Gasteiger partial charge is 0.337 e. The minimum Gasteiger partial charge on any atom is -0.465 e. The van der Waals surface area contributed by atoms with Crippen molar-refractivity contribution in [2.24, 2.45) is 5.73 Å². The van der Waals surface area contributed by atoms with Gasteiger partial charge in [-0.2, -0.15) is 0 Å². The zero-order chi connectivity index (χ0) is 15.7. The van der Waals surface area contributed by atoms with Crippen molar-refractivity contribution in [2.45, 2.75) is 13.0 Å². The van der Waals surface area contributed by atoms with Crippen molar-refractivity contribution in [1.82, 2.24) is 0 Å². The van der Waals surface area contributed by atoms with Gasteiger partial charge >= 0.3 is 5.97 Å². The number of anilines is 1. The normalized spacial score (nSPS) is 13.0. The molecular weight excluding hydrogens is 300 g/mol. The van der Waals surface area contributed by atoms with Crippen molar-refractivity contribution >= 4 is 28.9 Å². The summed E-state index contributed by atoms with van der Waals surface area (Å²) in [6, 6.07) is 7.47. The standard InChI is InChI=1S/C16H16N2O3S/c1-21-16(20)11-2-3-14-10(6-11)4-5-18(14)8-13-7-12(9-22-13)15(17)19/h2-3,6-7,9H,4-5,8H2,1H3,(H2,17,19). The molecule has 2 aromatic rings. The molecule has 1 aliphatic rings. The Morgan fingerprint density at radius 2 is 2.14 bits per heavy atom. The number of amides is 1. The third-order valence-electron chi connectivity index (χ3n) is 3.78. The van der Waals surface area contributed by atoms with Gasteiger partial charge in [-0.15, -0.1) is 11.3 Å². The number of esters is 1. The Balaban J connectivity index is 1.79. The number of carbonyl (C=O) groups is 2. The Kier molecular flexibility index (Phi) is 3.85. The van der Waals surface area contributed by atoms with Crippen molar-refractivity contribution in [2.75, 3.05) is 18.6 Å². The van der Waals surface area contributed by atoms with Crippen LogP contribution in [0.4, 0.5) is 5.69 Å². The Morgan fingerprint density at radius 1 is 1.32 bits per heavy atom. The van der Waals surface area contributed by atoms with E-state index in [4.69, 9.17) is 10.5 Å². The van der Waals surface area contributed by atoms with Crippen LogP contribution in [0.25, 0.3) is 0 Å². The molecule has 0 bridgehead atoms. The maximum atomic E-state index is 11.6. The van der Waals surface area contributed by atoms with Gasteiger partial charge in [0, 0.05) is 22.5 Å². The number of ether oxygens (including phenoxy) is 1. The summed E-state index contributed by atoms with van der Waals surface area (Å²) >= 11 is 1.53. The number of nitrogens with two attached hydrogens (primary N) is 1. The predicted octanol–water partition coefficient (Wildman–Crippen LogP) is 2.20. The molecule has 0 atom stereocenters. The minimum atomic E-state index is -0.396. The summed E-state index contributed by atoms with van der Waals surface area (Å²) in [5.41, 5.74) is 8.69. The molecule has 1 amide bonds. The van der Waals surface area contributed by atoms with E-state index in [0.717, 1.165) is 35.6 Å². The third kappa shape index (κ3) is 2.69. The van der Waals surface area contributed by atoms with Crippen molar-refractivity contribution in [3.63, 3.8) is 0 Å². The SMILES string of the molecule is COC(=O)c1ccc2c(c1)CCN2Cc1cc(C(N)=O)cs1. The fourth-order valence-corrected chi connectivity index (χ4v) is 3.55. The summed E-state index contributed by atoms with van der Waals surface area (Å²) in [4.78, 5) is 26.1. The molecular formula is C16H16N2O3S. The molecule has 2 N–H and O–H groups in total. The number of primary amides is 1. The molecule has 0 unspecified atom stereocenters. The molecule has 0 fully saturated rings. The molecule has 0 radical (unpaired) electrons. The van der Waals surface area contributed by atoms with Gasteiger partial charge in [0.1, 0.15) is 0 Å². The number of hydrogen-bond donors (Lipinski definition) is 1. The van der Waals surface area contributed by atoms with Gasteiger partial charge in [0.05, 0.1) is 24.8 Å². The third-order valence-corrected chi connectivity index (χ3v) is 4.70. The fourth-order valence-electron chi connectivity index (χ4n) is 2.66. The van der Waals surface area contributed by atoms with E-state index in [2.05, 4.69) is 4.90 Å². The maximum absolute atomic E-state index is 11.6. The van der Waals surface area contributed by atoms with Gasteiger partial charge in [-0.3, -0.25) is 4.79 Å². The summed E-state index contributed by atoms with van der Waals surface area (Å²) in [6.45, 7) is 1.63. The monoisotopic (exact) mass is 316 g/mol. The van der Waals surface area contributed by atoms with Crippen LogP contribution < -0.4 is 10.6 Å². The molecule has 3 rings (SSSR count). The maximum Gasteiger partial charge on any atom is 0.337 e. The van der Waals surface area contributed by atoms with Crippen molar-refractivity contribution in [3.8, 4) is 0 Å². The molecule has 0 saturated carbocycles. The second kappa shape index (κ2) is 5.81. The van der Waals surface area contributed by atoms with E-state index in [9.17, 15) is 9.59 Å². The summed E-state index contributed by atoms with van der Waals surface area (Å²) in [5, 5.41) is 1.79. The van der Waals surface area contributed by atoms with Gasteiger partial charge < -0.3 is 15.4 Å². The number of carbonyl (C=O) groups excluding carboxylic acids is 2. The van der Waals surface area contributed by atoms with Crippen LogP contribution in [-0.2, 0) is 17.7 Å². The Labute approximate surface area is 132 Å². The number of nitrogens with zero attached hydrogens (tertiary/aromatic N) is 1. The van der Waals surface area contributed by atoms with Gasteiger partial charge in [0.15, 0.2) is 0 Å². The lowest BCUT2D eigenvalue weighted by Crippen LogP contribution is -2.19. The molecule has 1 aromatic carbocycles. The highest BCUT2D eigenvalue weighted by molar-refractivity contribution is 7.10. The number of fused-ring (bicyclic) bond motifs is 1. The average Bonchev–Trinajstić information content (AvgIpc) is 3.14. The van der Waals surface area contributed by atoms with Crippen LogP contribution in [0.15, 0.2) is 29.6 Å². The highest BCUT2D eigenvalue weighted by Crippen LogP contribution is 2.31. The molecule has 0 aliphatic carbocycles. The quantitative estimate of drug-likeness (QED) is 0.878. The number of benzene rings is 1. The lowest BCUT2D eigenvalue weighted by molar-refractivity contribution is 0.0600. The van der Waals surface area contributed by atoms with Gasteiger partial charge in [-0.1, -0.05) is 0 Å². The molecule has 114 valence electrons. The van der Waals surface area contributed by atoms with E-state index >= 15 is 0 Å². The van der Waals surface area contributed by atoms with E-state index in [1.54, 1.807) is 11.4 Å². The number of rotatable bonds is 4. The zero-order valence-electron chi connectivity index (χ0n) is 12.2. The largest absolute Gasteiger partial charge is 0.465 e. The van der Waals surface area contributed by atoms with Crippen LogP contribution in [0, 0.1) is 0 Å². The van der Waals surface area contributed by atoms with Crippen LogP contribution in [0.2, 0.25) is 0 Å². The predicted molar refractivity (Wildman–Crippen MR) is 85.4 cm³/mol. The van der Waals surface area contributed by atoms with E-state index in [0.29, 0.717) is 11.1 Å².